The second-order valence-corrected chi connectivity index (χ2v) is 8.51. The molecule has 0 fully saturated rings. The number of hydrogen-bond donors (Lipinski definition) is 2. The molecule has 0 bridgehead atoms. The molecule has 0 atom stereocenters. The van der Waals surface area contributed by atoms with Gasteiger partial charge in [0.1, 0.15) is 0 Å². The van der Waals surface area contributed by atoms with Crippen LogP contribution in [0.5, 0.6) is 0 Å². The van der Waals surface area contributed by atoms with Crippen molar-refractivity contribution in [1.82, 2.24) is 0 Å². The second-order valence-electron chi connectivity index (χ2n) is 5.91. The SMILES string of the molecule is Cc1cc(S(=O)(=O)Nc2cccc(Br)c2)ccc1NC(=O)c1ccccc1. The Kier molecular flexibility index (Phi) is 5.62. The Bertz CT molecular complexity index is 1080. The van der Waals surface area contributed by atoms with Crippen molar-refractivity contribution in [3.8, 4) is 0 Å². The number of benzene rings is 3. The molecule has 5 nitrogen and oxygen atoms in total. The standard InChI is InChI=1S/C20H17BrN2O3S/c1-14-12-18(27(25,26)23-17-9-5-8-16(21)13-17)10-11-19(14)22-20(24)15-6-3-2-4-7-15/h2-13,23H,1H3,(H,22,24). The van der Waals surface area contributed by atoms with Crippen molar-refractivity contribution in [1.29, 1.82) is 0 Å². The van der Waals surface area contributed by atoms with Gasteiger partial charge in [0.2, 0.25) is 0 Å². The molecule has 0 unspecified atom stereocenters. The van der Waals surface area contributed by atoms with E-state index in [1.54, 1.807) is 55.5 Å². The smallest absolute Gasteiger partial charge is 0.261 e. The Morgan fingerprint density at radius 1 is 0.926 bits per heavy atom. The Morgan fingerprint density at radius 2 is 1.67 bits per heavy atom. The van der Waals surface area contributed by atoms with Gasteiger partial charge in [-0.15, -0.1) is 0 Å². The highest BCUT2D eigenvalue weighted by Gasteiger charge is 2.16. The lowest BCUT2D eigenvalue weighted by molar-refractivity contribution is 0.102. The van der Waals surface area contributed by atoms with Gasteiger partial charge in [-0.3, -0.25) is 9.52 Å². The van der Waals surface area contributed by atoms with E-state index in [2.05, 4.69) is 26.0 Å². The summed E-state index contributed by atoms with van der Waals surface area (Å²) in [5, 5.41) is 2.80. The van der Waals surface area contributed by atoms with E-state index < -0.39 is 10.0 Å². The first-order chi connectivity index (χ1) is 12.8. The van der Waals surface area contributed by atoms with E-state index >= 15 is 0 Å². The molecule has 0 aliphatic heterocycles. The summed E-state index contributed by atoms with van der Waals surface area (Å²) >= 11 is 3.31. The van der Waals surface area contributed by atoms with Gasteiger partial charge < -0.3 is 5.32 Å². The van der Waals surface area contributed by atoms with Gasteiger partial charge >= 0.3 is 0 Å². The number of hydrogen-bond acceptors (Lipinski definition) is 3. The zero-order chi connectivity index (χ0) is 19.4. The normalized spacial score (nSPS) is 11.0. The quantitative estimate of drug-likeness (QED) is 0.592. The van der Waals surface area contributed by atoms with Crippen LogP contribution in [0.1, 0.15) is 15.9 Å². The predicted octanol–water partition coefficient (Wildman–Crippen LogP) is 4.81. The molecule has 7 heteroatoms. The molecule has 138 valence electrons. The molecule has 0 heterocycles. The highest BCUT2D eigenvalue weighted by Crippen LogP contribution is 2.23. The zero-order valence-corrected chi connectivity index (χ0v) is 16.8. The van der Waals surface area contributed by atoms with Crippen LogP contribution in [0.25, 0.3) is 0 Å². The van der Waals surface area contributed by atoms with Crippen LogP contribution in [0, 0.1) is 6.92 Å². The highest BCUT2D eigenvalue weighted by molar-refractivity contribution is 9.10. The lowest BCUT2D eigenvalue weighted by atomic mass is 10.1. The first-order valence-electron chi connectivity index (χ1n) is 8.10. The van der Waals surface area contributed by atoms with Crippen molar-refractivity contribution >= 4 is 43.2 Å². The molecule has 2 N–H and O–H groups in total. The minimum Gasteiger partial charge on any atom is -0.322 e. The number of amides is 1. The molecular formula is C20H17BrN2O3S. The van der Waals surface area contributed by atoms with Gasteiger partial charge in [-0.25, -0.2) is 8.42 Å². The van der Waals surface area contributed by atoms with Crippen molar-refractivity contribution in [2.24, 2.45) is 0 Å². The van der Waals surface area contributed by atoms with Crippen molar-refractivity contribution < 1.29 is 13.2 Å². The van der Waals surface area contributed by atoms with Crippen LogP contribution < -0.4 is 10.0 Å². The van der Waals surface area contributed by atoms with Gasteiger partial charge in [0.15, 0.2) is 0 Å². The molecule has 0 aromatic heterocycles. The molecule has 1 amide bonds. The molecule has 0 aliphatic carbocycles. The average Bonchev–Trinajstić information content (AvgIpc) is 2.63. The third-order valence-electron chi connectivity index (χ3n) is 3.87. The molecule has 0 spiro atoms. The number of halogens is 1. The van der Waals surface area contributed by atoms with E-state index in [4.69, 9.17) is 0 Å². The topological polar surface area (TPSA) is 75.3 Å². The second kappa shape index (κ2) is 7.94. The lowest BCUT2D eigenvalue weighted by Crippen LogP contribution is -2.15. The van der Waals surface area contributed by atoms with Crippen molar-refractivity contribution in [3.05, 3.63) is 88.4 Å². The molecule has 0 saturated carbocycles. The molecule has 0 saturated heterocycles. The summed E-state index contributed by atoms with van der Waals surface area (Å²) in [6, 6.07) is 20.3. The number of nitrogens with one attached hydrogen (secondary N) is 2. The van der Waals surface area contributed by atoms with E-state index in [9.17, 15) is 13.2 Å². The Hall–Kier alpha value is -2.64. The summed E-state index contributed by atoms with van der Waals surface area (Å²) in [5.74, 6) is -0.249. The summed E-state index contributed by atoms with van der Waals surface area (Å²) in [4.78, 5) is 12.4. The van der Waals surface area contributed by atoms with E-state index in [0.29, 0.717) is 22.5 Å². The third-order valence-corrected chi connectivity index (χ3v) is 5.74. The Morgan fingerprint density at radius 3 is 2.33 bits per heavy atom. The van der Waals surface area contributed by atoms with E-state index in [-0.39, 0.29) is 10.8 Å². The van der Waals surface area contributed by atoms with Crippen molar-refractivity contribution in [3.63, 3.8) is 0 Å². The van der Waals surface area contributed by atoms with Gasteiger partial charge in [-0.2, -0.15) is 0 Å². The van der Waals surface area contributed by atoms with Gasteiger partial charge in [-0.05, 0) is 61.0 Å². The summed E-state index contributed by atoms with van der Waals surface area (Å²) in [6.07, 6.45) is 0. The van der Waals surface area contributed by atoms with Gasteiger partial charge in [0.25, 0.3) is 15.9 Å². The van der Waals surface area contributed by atoms with Gasteiger partial charge in [0.05, 0.1) is 4.90 Å². The van der Waals surface area contributed by atoms with Crippen LogP contribution in [0.3, 0.4) is 0 Å². The third kappa shape index (κ3) is 4.75. The van der Waals surface area contributed by atoms with Crippen molar-refractivity contribution in [2.75, 3.05) is 10.0 Å². The Balaban J connectivity index is 1.80. The number of anilines is 2. The molecular weight excluding hydrogens is 428 g/mol. The van der Waals surface area contributed by atoms with Crippen molar-refractivity contribution in [2.45, 2.75) is 11.8 Å². The predicted molar refractivity (Wildman–Crippen MR) is 111 cm³/mol. The molecule has 0 aliphatic rings. The van der Waals surface area contributed by atoms with Crippen LogP contribution in [0.2, 0.25) is 0 Å². The van der Waals surface area contributed by atoms with Crippen LogP contribution in [-0.4, -0.2) is 14.3 Å². The van der Waals surface area contributed by atoms with Crippen LogP contribution >= 0.6 is 15.9 Å². The van der Waals surface area contributed by atoms with Crippen LogP contribution in [-0.2, 0) is 10.0 Å². The average molecular weight is 445 g/mol. The maximum Gasteiger partial charge on any atom is 0.261 e. The van der Waals surface area contributed by atoms with E-state index in [1.807, 2.05) is 12.1 Å². The molecule has 27 heavy (non-hydrogen) atoms. The molecule has 0 radical (unpaired) electrons. The van der Waals surface area contributed by atoms with Gasteiger partial charge in [0, 0.05) is 21.4 Å². The monoisotopic (exact) mass is 444 g/mol. The molecule has 3 aromatic rings. The molecule has 3 rings (SSSR count). The summed E-state index contributed by atoms with van der Waals surface area (Å²) in [6.45, 7) is 1.75. The number of carbonyl (C=O) groups is 1. The number of rotatable bonds is 5. The number of carbonyl (C=O) groups excluding carboxylic acids is 1. The Labute approximate surface area is 166 Å². The minimum atomic E-state index is -3.73. The number of aryl methyl sites for hydroxylation is 1. The maximum atomic E-state index is 12.6. The van der Waals surface area contributed by atoms with Crippen LogP contribution in [0.4, 0.5) is 11.4 Å². The fourth-order valence-corrected chi connectivity index (χ4v) is 4.03. The van der Waals surface area contributed by atoms with E-state index in [1.165, 1.54) is 12.1 Å². The first-order valence-corrected chi connectivity index (χ1v) is 10.4. The molecule has 3 aromatic carbocycles. The number of sulfonamides is 1. The van der Waals surface area contributed by atoms with E-state index in [0.717, 1.165) is 4.47 Å². The van der Waals surface area contributed by atoms with Gasteiger partial charge in [-0.1, -0.05) is 40.2 Å². The first kappa shape index (κ1) is 19.1. The fourth-order valence-electron chi connectivity index (χ4n) is 2.49. The van der Waals surface area contributed by atoms with Crippen LogP contribution in [0.15, 0.2) is 82.2 Å². The minimum absolute atomic E-state index is 0.123. The fraction of sp³-hybridized carbons (Fsp3) is 0.0500. The lowest BCUT2D eigenvalue weighted by Gasteiger charge is -2.12. The summed E-state index contributed by atoms with van der Waals surface area (Å²) in [5.41, 5.74) is 2.20. The maximum absolute atomic E-state index is 12.6. The largest absolute Gasteiger partial charge is 0.322 e. The zero-order valence-electron chi connectivity index (χ0n) is 14.4. The highest BCUT2D eigenvalue weighted by atomic mass is 79.9. The summed E-state index contributed by atoms with van der Waals surface area (Å²) < 4.78 is 28.5. The summed E-state index contributed by atoms with van der Waals surface area (Å²) in [7, 11) is -3.73.